The van der Waals surface area contributed by atoms with Gasteiger partial charge in [-0.05, 0) is 12.0 Å². The summed E-state index contributed by atoms with van der Waals surface area (Å²) in [5.74, 6) is 1.28. The lowest BCUT2D eigenvalue weighted by molar-refractivity contribution is 0.207. The number of hydrogen-bond donors (Lipinski definition) is 1. The Morgan fingerprint density at radius 2 is 1.85 bits per heavy atom. The first-order valence-corrected chi connectivity index (χ1v) is 8.75. The Morgan fingerprint density at radius 3 is 2.62 bits per heavy atom. The van der Waals surface area contributed by atoms with Crippen LogP contribution < -0.4 is 5.32 Å². The SMILES string of the molecule is O=C(NCc1ccccc1)N1CC[C@H](c2nc(-c3ccccc3)no2)C1. The van der Waals surface area contributed by atoms with Crippen molar-refractivity contribution in [3.63, 3.8) is 0 Å². The van der Waals surface area contributed by atoms with Gasteiger partial charge >= 0.3 is 6.03 Å². The third-order valence-electron chi connectivity index (χ3n) is 4.58. The summed E-state index contributed by atoms with van der Waals surface area (Å²) < 4.78 is 5.44. The van der Waals surface area contributed by atoms with E-state index in [0.29, 0.717) is 31.3 Å². The maximum absolute atomic E-state index is 12.4. The van der Waals surface area contributed by atoms with Crippen LogP contribution in [0.15, 0.2) is 65.2 Å². The van der Waals surface area contributed by atoms with Crippen molar-refractivity contribution < 1.29 is 9.32 Å². The van der Waals surface area contributed by atoms with Crippen LogP contribution in [0.2, 0.25) is 0 Å². The number of carbonyl (C=O) groups excluding carboxylic acids is 1. The molecule has 1 fully saturated rings. The van der Waals surface area contributed by atoms with Gasteiger partial charge in [-0.25, -0.2) is 4.79 Å². The van der Waals surface area contributed by atoms with Crippen molar-refractivity contribution >= 4 is 6.03 Å². The molecular weight excluding hydrogens is 328 g/mol. The first-order valence-electron chi connectivity index (χ1n) is 8.75. The van der Waals surface area contributed by atoms with E-state index in [1.807, 2.05) is 60.7 Å². The van der Waals surface area contributed by atoms with Gasteiger partial charge in [0.15, 0.2) is 0 Å². The first kappa shape index (κ1) is 16.3. The van der Waals surface area contributed by atoms with E-state index >= 15 is 0 Å². The summed E-state index contributed by atoms with van der Waals surface area (Å²) in [6, 6.07) is 19.6. The Bertz CT molecular complexity index is 864. The standard InChI is InChI=1S/C20H20N4O2/c25-20(21-13-15-7-3-1-4-8-15)24-12-11-17(14-24)19-22-18(23-26-19)16-9-5-2-6-10-16/h1-10,17H,11-14H2,(H,21,25)/t17-/m0/s1. The second-order valence-electron chi connectivity index (χ2n) is 6.40. The predicted molar refractivity (Wildman–Crippen MR) is 97.3 cm³/mol. The molecule has 3 aromatic rings. The summed E-state index contributed by atoms with van der Waals surface area (Å²) in [6.45, 7) is 1.81. The Labute approximate surface area is 151 Å². The molecule has 0 radical (unpaired) electrons. The van der Waals surface area contributed by atoms with E-state index in [-0.39, 0.29) is 11.9 Å². The van der Waals surface area contributed by atoms with Crippen LogP contribution in [0.5, 0.6) is 0 Å². The molecule has 6 nitrogen and oxygen atoms in total. The molecule has 2 aromatic carbocycles. The van der Waals surface area contributed by atoms with Crippen molar-refractivity contribution in [2.45, 2.75) is 18.9 Å². The van der Waals surface area contributed by atoms with Crippen LogP contribution in [0.4, 0.5) is 4.79 Å². The Hall–Kier alpha value is -3.15. The highest BCUT2D eigenvalue weighted by Crippen LogP contribution is 2.27. The third-order valence-corrected chi connectivity index (χ3v) is 4.58. The van der Waals surface area contributed by atoms with E-state index in [1.54, 1.807) is 4.90 Å². The average molecular weight is 348 g/mol. The number of nitrogens with zero attached hydrogens (tertiary/aromatic N) is 3. The molecule has 2 amide bonds. The number of benzene rings is 2. The van der Waals surface area contributed by atoms with Gasteiger partial charge in [-0.3, -0.25) is 0 Å². The smallest absolute Gasteiger partial charge is 0.317 e. The molecule has 26 heavy (non-hydrogen) atoms. The number of urea groups is 1. The van der Waals surface area contributed by atoms with Gasteiger partial charge in [-0.2, -0.15) is 4.98 Å². The summed E-state index contributed by atoms with van der Waals surface area (Å²) in [6.07, 6.45) is 0.829. The van der Waals surface area contributed by atoms with Crippen molar-refractivity contribution in [3.05, 3.63) is 72.1 Å². The van der Waals surface area contributed by atoms with Crippen LogP contribution in [-0.2, 0) is 6.54 Å². The molecule has 132 valence electrons. The fourth-order valence-corrected chi connectivity index (χ4v) is 3.14. The molecular formula is C20H20N4O2. The second kappa shape index (κ2) is 7.39. The zero-order valence-electron chi connectivity index (χ0n) is 14.3. The van der Waals surface area contributed by atoms with Crippen LogP contribution in [0, 0.1) is 0 Å². The summed E-state index contributed by atoms with van der Waals surface area (Å²) in [5, 5.41) is 7.04. The van der Waals surface area contributed by atoms with Crippen molar-refractivity contribution in [1.29, 1.82) is 0 Å². The summed E-state index contributed by atoms with van der Waals surface area (Å²) >= 11 is 0. The highest BCUT2D eigenvalue weighted by molar-refractivity contribution is 5.74. The van der Waals surface area contributed by atoms with Crippen LogP contribution in [0.3, 0.4) is 0 Å². The lowest BCUT2D eigenvalue weighted by Gasteiger charge is -2.16. The molecule has 6 heteroatoms. The molecule has 0 spiro atoms. The molecule has 0 unspecified atom stereocenters. The molecule has 1 saturated heterocycles. The van der Waals surface area contributed by atoms with Crippen molar-refractivity contribution in [1.82, 2.24) is 20.4 Å². The largest absolute Gasteiger partial charge is 0.339 e. The number of aromatic nitrogens is 2. The van der Waals surface area contributed by atoms with Gasteiger partial charge in [-0.1, -0.05) is 65.8 Å². The fourth-order valence-electron chi connectivity index (χ4n) is 3.14. The molecule has 0 bridgehead atoms. The highest BCUT2D eigenvalue weighted by Gasteiger charge is 2.31. The Morgan fingerprint density at radius 1 is 1.12 bits per heavy atom. The number of rotatable bonds is 4. The number of likely N-dealkylation sites (tertiary alicyclic amines) is 1. The molecule has 1 aliphatic rings. The van der Waals surface area contributed by atoms with Crippen LogP contribution in [-0.4, -0.2) is 34.2 Å². The number of nitrogens with one attached hydrogen (secondary N) is 1. The molecule has 1 N–H and O–H groups in total. The maximum Gasteiger partial charge on any atom is 0.317 e. The number of carbonyl (C=O) groups is 1. The van der Waals surface area contributed by atoms with Crippen LogP contribution in [0.25, 0.3) is 11.4 Å². The monoisotopic (exact) mass is 348 g/mol. The Kier molecular flexibility index (Phi) is 4.64. The third kappa shape index (κ3) is 3.59. The molecule has 1 aliphatic heterocycles. The van der Waals surface area contributed by atoms with Crippen LogP contribution in [0.1, 0.15) is 23.8 Å². The minimum absolute atomic E-state index is 0.0563. The average Bonchev–Trinajstić information content (AvgIpc) is 3.37. The molecule has 0 saturated carbocycles. The number of hydrogen-bond acceptors (Lipinski definition) is 4. The molecule has 2 heterocycles. The van der Waals surface area contributed by atoms with Gasteiger partial charge in [0.1, 0.15) is 0 Å². The quantitative estimate of drug-likeness (QED) is 0.784. The minimum Gasteiger partial charge on any atom is -0.339 e. The van der Waals surface area contributed by atoms with Crippen molar-refractivity contribution in [2.24, 2.45) is 0 Å². The normalized spacial score (nSPS) is 16.6. The lowest BCUT2D eigenvalue weighted by Crippen LogP contribution is -2.37. The predicted octanol–water partition coefficient (Wildman–Crippen LogP) is 3.44. The van der Waals surface area contributed by atoms with E-state index in [4.69, 9.17) is 4.52 Å². The van der Waals surface area contributed by atoms with Gasteiger partial charge in [0.05, 0.1) is 5.92 Å². The van der Waals surface area contributed by atoms with Gasteiger partial charge in [0, 0.05) is 25.2 Å². The van der Waals surface area contributed by atoms with E-state index in [2.05, 4.69) is 15.5 Å². The minimum atomic E-state index is -0.0563. The molecule has 4 rings (SSSR count). The van der Waals surface area contributed by atoms with Crippen LogP contribution >= 0.6 is 0 Å². The first-order chi connectivity index (χ1) is 12.8. The van der Waals surface area contributed by atoms with E-state index in [9.17, 15) is 4.79 Å². The summed E-state index contributed by atoms with van der Waals surface area (Å²) in [5.41, 5.74) is 2.01. The number of amides is 2. The van der Waals surface area contributed by atoms with Gasteiger partial charge in [0.25, 0.3) is 0 Å². The molecule has 1 aromatic heterocycles. The molecule has 0 aliphatic carbocycles. The van der Waals surface area contributed by atoms with Crippen molar-refractivity contribution in [3.8, 4) is 11.4 Å². The second-order valence-corrected chi connectivity index (χ2v) is 6.40. The zero-order chi connectivity index (χ0) is 17.8. The summed E-state index contributed by atoms with van der Waals surface area (Å²) in [4.78, 5) is 18.7. The topological polar surface area (TPSA) is 71.3 Å². The van der Waals surface area contributed by atoms with E-state index in [1.165, 1.54) is 0 Å². The Balaban J connectivity index is 1.35. The van der Waals surface area contributed by atoms with Crippen molar-refractivity contribution in [2.75, 3.05) is 13.1 Å². The maximum atomic E-state index is 12.4. The van der Waals surface area contributed by atoms with E-state index in [0.717, 1.165) is 17.5 Å². The van der Waals surface area contributed by atoms with Gasteiger partial charge < -0.3 is 14.7 Å². The lowest BCUT2D eigenvalue weighted by atomic mass is 10.1. The summed E-state index contributed by atoms with van der Waals surface area (Å²) in [7, 11) is 0. The van der Waals surface area contributed by atoms with Gasteiger partial charge in [-0.15, -0.1) is 0 Å². The van der Waals surface area contributed by atoms with Gasteiger partial charge in [0.2, 0.25) is 11.7 Å². The van der Waals surface area contributed by atoms with E-state index < -0.39 is 0 Å². The molecule has 1 atom stereocenters. The fraction of sp³-hybridized carbons (Fsp3) is 0.250. The zero-order valence-corrected chi connectivity index (χ0v) is 14.3. The highest BCUT2D eigenvalue weighted by atomic mass is 16.5.